The molecule has 1 aromatic carbocycles. The number of quaternary nitrogens is 2. The van der Waals surface area contributed by atoms with Crippen molar-refractivity contribution in [3.05, 3.63) is 71.1 Å². The first-order chi connectivity index (χ1) is 11.1. The summed E-state index contributed by atoms with van der Waals surface area (Å²) in [6.45, 7) is 0. The largest absolute Gasteiger partial charge is 0.595 e. The molecule has 0 fully saturated rings. The molecule has 118 valence electrons. The molecule has 23 heavy (non-hydrogen) atoms. The Balaban J connectivity index is 1.99. The molecule has 3 rings (SSSR count). The maximum Gasteiger partial charge on any atom is 0.183 e. The van der Waals surface area contributed by atoms with Crippen LogP contribution in [0.1, 0.15) is 0 Å². The summed E-state index contributed by atoms with van der Waals surface area (Å²) >= 11 is 1.32. The van der Waals surface area contributed by atoms with Gasteiger partial charge >= 0.3 is 0 Å². The highest BCUT2D eigenvalue weighted by atomic mass is 32.2. The normalized spacial score (nSPS) is 13.9. The maximum atomic E-state index is 11.4. The molecule has 4 N–H and O–H groups in total. The summed E-state index contributed by atoms with van der Waals surface area (Å²) in [6, 6.07) is 17.8. The van der Waals surface area contributed by atoms with Gasteiger partial charge in [0.25, 0.3) is 0 Å². The molecule has 0 saturated heterocycles. The third-order valence-electron chi connectivity index (χ3n) is 3.43. The van der Waals surface area contributed by atoms with Crippen LogP contribution in [0.25, 0.3) is 11.1 Å². The first-order valence-electron chi connectivity index (χ1n) is 6.82. The van der Waals surface area contributed by atoms with Crippen molar-refractivity contribution in [2.45, 2.75) is 9.79 Å². The van der Waals surface area contributed by atoms with Gasteiger partial charge in [0.1, 0.15) is 0 Å². The third-order valence-corrected chi connectivity index (χ3v) is 4.58. The quantitative estimate of drug-likeness (QED) is 0.547. The molecule has 0 spiro atoms. The molecule has 0 aromatic heterocycles. The molecule has 0 amide bonds. The van der Waals surface area contributed by atoms with Gasteiger partial charge in [-0.3, -0.25) is 0 Å². The standard InChI is InChI=1S/C16H14N2O4S/c19-17(20)12-7-9-16(14(10-12)18(21)22)23-15-8-6-11-4-2-1-3-5-13(11)15/h1-10,17-19,21H. The molecular formula is C16H14N2O4S. The van der Waals surface area contributed by atoms with Crippen LogP contribution < -0.4 is 10.5 Å². The fourth-order valence-corrected chi connectivity index (χ4v) is 3.37. The van der Waals surface area contributed by atoms with Crippen molar-refractivity contribution in [3.63, 3.8) is 0 Å². The number of fused-ring (bicyclic) bond motifs is 1. The van der Waals surface area contributed by atoms with Crippen LogP contribution in [0.3, 0.4) is 0 Å². The summed E-state index contributed by atoms with van der Waals surface area (Å²) in [5.74, 6) is 0. The van der Waals surface area contributed by atoms with Crippen LogP contribution in [0.2, 0.25) is 0 Å². The van der Waals surface area contributed by atoms with Crippen LogP contribution in [0.15, 0.2) is 70.5 Å². The number of rotatable bonds is 4. The highest BCUT2D eigenvalue weighted by Crippen LogP contribution is 2.40. The fraction of sp³-hybridized carbons (Fsp3) is 0. The van der Waals surface area contributed by atoms with Crippen molar-refractivity contribution in [2.24, 2.45) is 0 Å². The number of nitrogens with one attached hydrogen (secondary N) is 2. The highest BCUT2D eigenvalue weighted by Gasteiger charge is 2.17. The second kappa shape index (κ2) is 6.65. The molecule has 0 bridgehead atoms. The van der Waals surface area contributed by atoms with E-state index in [4.69, 9.17) is 5.21 Å². The average molecular weight is 330 g/mol. The molecule has 6 nitrogen and oxygen atoms in total. The van der Waals surface area contributed by atoms with Crippen LogP contribution in [0, 0.1) is 10.4 Å². The lowest BCUT2D eigenvalue weighted by atomic mass is 10.2. The maximum absolute atomic E-state index is 11.4. The van der Waals surface area contributed by atoms with Crippen LogP contribution in [-0.2, 0) is 0 Å². The molecule has 0 heterocycles. The first kappa shape index (κ1) is 15.9. The molecule has 2 unspecified atom stereocenters. The zero-order valence-corrected chi connectivity index (χ0v) is 12.7. The van der Waals surface area contributed by atoms with Gasteiger partial charge in [-0.2, -0.15) is 10.5 Å². The lowest BCUT2D eigenvalue weighted by Crippen LogP contribution is -3.00. The van der Waals surface area contributed by atoms with Gasteiger partial charge in [-0.05, 0) is 23.3 Å². The fourth-order valence-electron chi connectivity index (χ4n) is 2.31. The van der Waals surface area contributed by atoms with E-state index in [1.165, 1.54) is 23.9 Å². The monoisotopic (exact) mass is 330 g/mol. The van der Waals surface area contributed by atoms with E-state index in [-0.39, 0.29) is 11.4 Å². The van der Waals surface area contributed by atoms with Crippen LogP contribution >= 0.6 is 11.8 Å². The molecule has 2 atom stereocenters. The van der Waals surface area contributed by atoms with Gasteiger partial charge in [0.05, 0.1) is 11.0 Å². The zero-order valence-electron chi connectivity index (χ0n) is 11.9. The number of benzene rings is 1. The Kier molecular flexibility index (Phi) is 4.60. The first-order valence-corrected chi connectivity index (χ1v) is 7.64. The Bertz CT molecular complexity index is 795. The smallest absolute Gasteiger partial charge is 0.183 e. The van der Waals surface area contributed by atoms with Crippen LogP contribution in [0.5, 0.6) is 0 Å². The van der Waals surface area contributed by atoms with E-state index in [1.807, 2.05) is 42.5 Å². The second-order valence-corrected chi connectivity index (χ2v) is 5.98. The molecule has 2 aliphatic rings. The van der Waals surface area contributed by atoms with Crippen molar-refractivity contribution in [3.8, 4) is 11.1 Å². The molecular weight excluding hydrogens is 316 g/mol. The molecule has 7 heteroatoms. The van der Waals surface area contributed by atoms with Crippen molar-refractivity contribution >= 4 is 23.1 Å². The minimum atomic E-state index is -1.14. The topological polar surface area (TPSA) is 95.5 Å². The van der Waals surface area contributed by atoms with Crippen LogP contribution in [0.4, 0.5) is 11.4 Å². The van der Waals surface area contributed by atoms with E-state index in [2.05, 4.69) is 0 Å². The Labute approximate surface area is 136 Å². The predicted octanol–water partition coefficient (Wildman–Crippen LogP) is 1.75. The zero-order chi connectivity index (χ0) is 16.4. The highest BCUT2D eigenvalue weighted by molar-refractivity contribution is 7.99. The molecule has 1 aromatic rings. The van der Waals surface area contributed by atoms with Crippen molar-refractivity contribution in [2.75, 3.05) is 0 Å². The second-order valence-electron chi connectivity index (χ2n) is 4.90. The Morgan fingerprint density at radius 2 is 1.52 bits per heavy atom. The lowest BCUT2D eigenvalue weighted by Gasteiger charge is -2.18. The molecule has 2 aliphatic carbocycles. The van der Waals surface area contributed by atoms with Crippen molar-refractivity contribution in [1.29, 1.82) is 0 Å². The predicted molar refractivity (Wildman–Crippen MR) is 85.2 cm³/mol. The summed E-state index contributed by atoms with van der Waals surface area (Å²) in [5.41, 5.74) is 2.05. The molecule has 0 radical (unpaired) electrons. The Morgan fingerprint density at radius 1 is 0.783 bits per heavy atom. The molecule has 0 aliphatic heterocycles. The van der Waals surface area contributed by atoms with Gasteiger partial charge in [-0.1, -0.05) is 48.2 Å². The third kappa shape index (κ3) is 3.36. The van der Waals surface area contributed by atoms with Gasteiger partial charge in [0.15, 0.2) is 11.4 Å². The number of hydrogen-bond acceptors (Lipinski definition) is 5. The van der Waals surface area contributed by atoms with Gasteiger partial charge in [0.2, 0.25) is 0 Å². The molecule has 0 saturated carbocycles. The minimum absolute atomic E-state index is 0.00967. The summed E-state index contributed by atoms with van der Waals surface area (Å²) in [7, 11) is 0. The van der Waals surface area contributed by atoms with E-state index in [1.54, 1.807) is 6.07 Å². The van der Waals surface area contributed by atoms with E-state index in [0.29, 0.717) is 4.90 Å². The summed E-state index contributed by atoms with van der Waals surface area (Å²) < 4.78 is 0. The SMILES string of the molecule is [O-][NH+](O)c1ccc(Sc2ccc3cccccc2-3)c([NH+]([O-])O)c1. The van der Waals surface area contributed by atoms with E-state index >= 15 is 0 Å². The van der Waals surface area contributed by atoms with E-state index in [0.717, 1.165) is 16.0 Å². The summed E-state index contributed by atoms with van der Waals surface area (Å²) in [4.78, 5) is 1.45. The van der Waals surface area contributed by atoms with Crippen molar-refractivity contribution in [1.82, 2.24) is 0 Å². The Hall–Kier alpha value is -1.97. The van der Waals surface area contributed by atoms with E-state index < -0.39 is 10.5 Å². The van der Waals surface area contributed by atoms with Gasteiger partial charge in [-0.15, -0.1) is 0 Å². The van der Waals surface area contributed by atoms with Gasteiger partial charge in [-0.25, -0.2) is 10.4 Å². The lowest BCUT2D eigenvalue weighted by molar-refractivity contribution is -0.997. The van der Waals surface area contributed by atoms with Gasteiger partial charge < -0.3 is 10.4 Å². The summed E-state index contributed by atoms with van der Waals surface area (Å²) in [6.07, 6.45) is 0. The number of hydrogen-bond donors (Lipinski definition) is 4. The van der Waals surface area contributed by atoms with E-state index in [9.17, 15) is 15.6 Å². The summed E-state index contributed by atoms with van der Waals surface area (Å²) in [5, 5.41) is 38.5. The van der Waals surface area contributed by atoms with Crippen LogP contribution in [-0.4, -0.2) is 10.4 Å². The van der Waals surface area contributed by atoms with Gasteiger partial charge in [0, 0.05) is 11.0 Å². The van der Waals surface area contributed by atoms with Crippen molar-refractivity contribution < 1.29 is 20.9 Å². The Morgan fingerprint density at radius 3 is 2.26 bits per heavy atom. The minimum Gasteiger partial charge on any atom is -0.595 e. The average Bonchev–Trinajstić information content (AvgIpc) is 2.75.